The van der Waals surface area contributed by atoms with E-state index in [9.17, 15) is 14.7 Å². The second-order valence-corrected chi connectivity index (χ2v) is 6.79. The van der Waals surface area contributed by atoms with Crippen LogP contribution < -0.4 is 14.4 Å². The van der Waals surface area contributed by atoms with Gasteiger partial charge in [0.2, 0.25) is 6.79 Å². The molecule has 1 N–H and O–H groups in total. The predicted octanol–water partition coefficient (Wildman–Crippen LogP) is 3.54. The number of nitrogens with zero attached hydrogens (tertiary/aromatic N) is 3. The Balaban J connectivity index is 1.68. The van der Waals surface area contributed by atoms with Crippen molar-refractivity contribution in [1.82, 2.24) is 9.78 Å². The second-order valence-electron chi connectivity index (χ2n) is 6.42. The molecule has 0 spiro atoms. The molecule has 3 aromatic rings. The number of carbonyl (C=O) groups excluding carboxylic acids is 1. The number of halogens is 1. The van der Waals surface area contributed by atoms with Gasteiger partial charge in [-0.3, -0.25) is 4.79 Å². The molecule has 0 saturated heterocycles. The van der Waals surface area contributed by atoms with Crippen molar-refractivity contribution in [2.45, 2.75) is 6.92 Å². The van der Waals surface area contributed by atoms with Gasteiger partial charge in [0.25, 0.3) is 5.91 Å². The van der Waals surface area contributed by atoms with Gasteiger partial charge in [0.1, 0.15) is 0 Å². The van der Waals surface area contributed by atoms with Crippen LogP contribution in [0.4, 0.5) is 5.69 Å². The minimum absolute atomic E-state index is 0.0618. The Morgan fingerprint density at radius 3 is 2.69 bits per heavy atom. The molecule has 2 aromatic carbocycles. The summed E-state index contributed by atoms with van der Waals surface area (Å²) in [7, 11) is 1.64. The van der Waals surface area contributed by atoms with E-state index in [4.69, 9.17) is 21.1 Å². The van der Waals surface area contributed by atoms with E-state index in [0.717, 1.165) is 0 Å². The first-order valence-electron chi connectivity index (χ1n) is 8.63. The quantitative estimate of drug-likeness (QED) is 0.703. The van der Waals surface area contributed by atoms with E-state index in [2.05, 4.69) is 5.10 Å². The van der Waals surface area contributed by atoms with Crippen molar-refractivity contribution in [3.8, 4) is 17.2 Å². The zero-order chi connectivity index (χ0) is 20.7. The van der Waals surface area contributed by atoms with Gasteiger partial charge in [-0.25, -0.2) is 9.48 Å². The smallest absolute Gasteiger partial charge is 0.356 e. The van der Waals surface area contributed by atoms with Crippen LogP contribution in [0.15, 0.2) is 42.5 Å². The first-order valence-corrected chi connectivity index (χ1v) is 9.01. The number of carboxylic acid groups (broad SMARTS) is 1. The van der Waals surface area contributed by atoms with Crippen LogP contribution in [0.2, 0.25) is 5.02 Å². The fraction of sp³-hybridized carbons (Fsp3) is 0.150. The van der Waals surface area contributed by atoms with E-state index in [0.29, 0.717) is 34.1 Å². The van der Waals surface area contributed by atoms with E-state index >= 15 is 0 Å². The van der Waals surface area contributed by atoms with E-state index < -0.39 is 5.97 Å². The average Bonchev–Trinajstić information content (AvgIpc) is 3.30. The Morgan fingerprint density at radius 2 is 1.93 bits per heavy atom. The van der Waals surface area contributed by atoms with Crippen LogP contribution in [0.1, 0.15) is 26.5 Å². The minimum Gasteiger partial charge on any atom is -0.476 e. The Bertz CT molecular complexity index is 1140. The zero-order valence-corrected chi connectivity index (χ0v) is 16.3. The van der Waals surface area contributed by atoms with Crippen molar-refractivity contribution in [3.63, 3.8) is 0 Å². The summed E-state index contributed by atoms with van der Waals surface area (Å²) in [6.45, 7) is 1.77. The topological polar surface area (TPSA) is 93.9 Å². The summed E-state index contributed by atoms with van der Waals surface area (Å²) in [4.78, 5) is 26.1. The summed E-state index contributed by atoms with van der Waals surface area (Å²) < 4.78 is 11.9. The van der Waals surface area contributed by atoms with Crippen molar-refractivity contribution in [1.29, 1.82) is 0 Å². The van der Waals surface area contributed by atoms with Crippen molar-refractivity contribution in [2.24, 2.45) is 0 Å². The molecule has 1 aromatic heterocycles. The summed E-state index contributed by atoms with van der Waals surface area (Å²) in [5.41, 5.74) is 1.65. The molecule has 0 unspecified atom stereocenters. The van der Waals surface area contributed by atoms with Crippen molar-refractivity contribution in [2.75, 3.05) is 18.7 Å². The summed E-state index contributed by atoms with van der Waals surface area (Å²) in [5.74, 6) is -0.283. The average molecular weight is 414 g/mol. The van der Waals surface area contributed by atoms with Crippen LogP contribution in [0, 0.1) is 6.92 Å². The normalized spacial score (nSPS) is 12.1. The molecule has 0 fully saturated rings. The molecule has 8 nitrogen and oxygen atoms in total. The summed E-state index contributed by atoms with van der Waals surface area (Å²) in [6.07, 6.45) is 0. The van der Waals surface area contributed by atoms with Crippen LogP contribution >= 0.6 is 11.6 Å². The van der Waals surface area contributed by atoms with Crippen molar-refractivity contribution < 1.29 is 24.2 Å². The predicted molar refractivity (Wildman–Crippen MR) is 106 cm³/mol. The number of carboxylic acids is 1. The van der Waals surface area contributed by atoms with Crippen molar-refractivity contribution >= 4 is 29.2 Å². The third-order valence-electron chi connectivity index (χ3n) is 4.58. The van der Waals surface area contributed by atoms with Crippen LogP contribution in [0.5, 0.6) is 11.5 Å². The number of rotatable bonds is 4. The molecule has 9 heteroatoms. The Hall–Kier alpha value is -3.52. The Kier molecular flexibility index (Phi) is 4.63. The lowest BCUT2D eigenvalue weighted by atomic mass is 10.1. The summed E-state index contributed by atoms with van der Waals surface area (Å²) in [6, 6.07) is 11.8. The molecular weight excluding hydrogens is 398 g/mol. The number of anilines is 1. The van der Waals surface area contributed by atoms with Gasteiger partial charge in [-0.05, 0) is 37.3 Å². The third-order valence-corrected chi connectivity index (χ3v) is 5.03. The number of hydrogen-bond acceptors (Lipinski definition) is 5. The lowest BCUT2D eigenvalue weighted by Crippen LogP contribution is -2.26. The van der Waals surface area contributed by atoms with Gasteiger partial charge in [0.05, 0.1) is 16.4 Å². The van der Waals surface area contributed by atoms with E-state index in [-0.39, 0.29) is 23.4 Å². The molecule has 0 radical (unpaired) electrons. The first kappa shape index (κ1) is 18.8. The van der Waals surface area contributed by atoms with E-state index in [1.54, 1.807) is 56.4 Å². The number of fused-ring (bicyclic) bond motifs is 1. The highest BCUT2D eigenvalue weighted by Crippen LogP contribution is 2.35. The molecule has 1 aliphatic heterocycles. The van der Waals surface area contributed by atoms with Gasteiger partial charge < -0.3 is 19.5 Å². The van der Waals surface area contributed by atoms with Gasteiger partial charge in [-0.2, -0.15) is 5.10 Å². The third kappa shape index (κ3) is 3.27. The molecule has 29 heavy (non-hydrogen) atoms. The highest BCUT2D eigenvalue weighted by atomic mass is 35.5. The van der Waals surface area contributed by atoms with E-state index in [1.807, 2.05) is 0 Å². The highest BCUT2D eigenvalue weighted by Gasteiger charge is 2.23. The number of aryl methyl sites for hydroxylation is 1. The molecule has 4 rings (SSSR count). The number of carbonyl (C=O) groups is 2. The SMILES string of the molecule is Cc1nn(-c2cccc(C(=O)N(C)c3ccc4c(c3)OCO4)c2)c(C(=O)O)c1Cl. The molecule has 1 aliphatic rings. The minimum atomic E-state index is -1.20. The Morgan fingerprint density at radius 1 is 1.17 bits per heavy atom. The molecule has 0 bridgehead atoms. The molecule has 148 valence electrons. The maximum Gasteiger partial charge on any atom is 0.356 e. The summed E-state index contributed by atoms with van der Waals surface area (Å²) >= 11 is 6.08. The largest absolute Gasteiger partial charge is 0.476 e. The molecule has 0 saturated carbocycles. The highest BCUT2D eigenvalue weighted by molar-refractivity contribution is 6.34. The molecule has 1 amide bonds. The maximum atomic E-state index is 13.0. The van der Waals surface area contributed by atoms with Crippen molar-refractivity contribution in [3.05, 3.63) is 64.4 Å². The summed E-state index contributed by atoms with van der Waals surface area (Å²) in [5, 5.41) is 13.7. The van der Waals surface area contributed by atoms with Crippen LogP contribution in [0.3, 0.4) is 0 Å². The number of ether oxygens (including phenoxy) is 2. The van der Waals surface area contributed by atoms with Crippen LogP contribution in [-0.2, 0) is 0 Å². The van der Waals surface area contributed by atoms with E-state index in [1.165, 1.54) is 9.58 Å². The molecule has 0 aliphatic carbocycles. The fourth-order valence-electron chi connectivity index (χ4n) is 3.05. The number of hydrogen-bond donors (Lipinski definition) is 1. The molecule has 0 atom stereocenters. The lowest BCUT2D eigenvalue weighted by Gasteiger charge is -2.18. The molecule has 2 heterocycles. The lowest BCUT2D eigenvalue weighted by molar-refractivity contribution is 0.0687. The van der Waals surface area contributed by atoms with Gasteiger partial charge in [0, 0.05) is 24.4 Å². The number of amides is 1. The maximum absolute atomic E-state index is 13.0. The number of benzene rings is 2. The molecular formula is C20H16ClN3O5. The van der Waals surface area contributed by atoms with Crippen LogP contribution in [-0.4, -0.2) is 40.6 Å². The monoisotopic (exact) mass is 413 g/mol. The van der Waals surface area contributed by atoms with Gasteiger partial charge in [-0.15, -0.1) is 0 Å². The van der Waals surface area contributed by atoms with Gasteiger partial charge >= 0.3 is 5.97 Å². The standard InChI is InChI=1S/C20H16ClN3O5/c1-11-17(21)18(20(26)27)24(22-11)14-5-3-4-12(8-14)19(25)23(2)13-6-7-15-16(9-13)29-10-28-15/h3-9H,10H2,1-2H3,(H,26,27). The van der Waals surface area contributed by atoms with Gasteiger partial charge in [-0.1, -0.05) is 17.7 Å². The number of aromatic carboxylic acids is 1. The second kappa shape index (κ2) is 7.14. The number of aromatic nitrogens is 2. The zero-order valence-electron chi connectivity index (χ0n) is 15.5. The van der Waals surface area contributed by atoms with Gasteiger partial charge in [0.15, 0.2) is 17.2 Å². The fourth-order valence-corrected chi connectivity index (χ4v) is 3.25. The van der Waals surface area contributed by atoms with Crippen LogP contribution in [0.25, 0.3) is 5.69 Å². The first-order chi connectivity index (χ1) is 13.9. The Labute approximate surface area is 170 Å².